The van der Waals surface area contributed by atoms with Gasteiger partial charge in [-0.2, -0.15) is 13.2 Å². The number of nitro groups is 1. The van der Waals surface area contributed by atoms with E-state index in [-0.39, 0.29) is 17.2 Å². The maximum absolute atomic E-state index is 12.7. The average molecular weight is 356 g/mol. The van der Waals surface area contributed by atoms with Gasteiger partial charge < -0.3 is 14.7 Å². The largest absolute Gasteiger partial charge is 0.493 e. The van der Waals surface area contributed by atoms with Crippen LogP contribution in [0.2, 0.25) is 0 Å². The Morgan fingerprint density at radius 2 is 1.84 bits per heavy atom. The molecule has 0 amide bonds. The third-order valence-corrected chi connectivity index (χ3v) is 3.10. The molecule has 0 fully saturated rings. The minimum atomic E-state index is -4.72. The summed E-state index contributed by atoms with van der Waals surface area (Å²) in [6, 6.07) is 6.20. The molecule has 25 heavy (non-hydrogen) atoms. The van der Waals surface area contributed by atoms with Crippen molar-refractivity contribution in [1.29, 1.82) is 0 Å². The van der Waals surface area contributed by atoms with E-state index in [1.54, 1.807) is 0 Å². The molecule has 0 spiro atoms. The lowest BCUT2D eigenvalue weighted by atomic mass is 10.1. The molecule has 0 atom stereocenters. The number of hydrogen-bond donors (Lipinski definition) is 1. The molecule has 0 saturated carbocycles. The van der Waals surface area contributed by atoms with E-state index < -0.39 is 22.4 Å². The van der Waals surface area contributed by atoms with Crippen LogP contribution in [0.1, 0.15) is 11.1 Å². The van der Waals surface area contributed by atoms with Gasteiger partial charge in [0.15, 0.2) is 11.5 Å². The summed E-state index contributed by atoms with van der Waals surface area (Å²) in [5.74, 6) is -0.188. The Morgan fingerprint density at radius 3 is 2.40 bits per heavy atom. The van der Waals surface area contributed by atoms with E-state index in [2.05, 4.69) is 5.16 Å². The van der Waals surface area contributed by atoms with Crippen molar-refractivity contribution >= 4 is 11.9 Å². The van der Waals surface area contributed by atoms with Gasteiger partial charge in [-0.25, -0.2) is 0 Å². The number of rotatable bonds is 5. The van der Waals surface area contributed by atoms with E-state index in [4.69, 9.17) is 14.7 Å². The number of ether oxygens (including phenoxy) is 2. The summed E-state index contributed by atoms with van der Waals surface area (Å²) in [4.78, 5) is 10.1. The molecule has 0 bridgehead atoms. The molecule has 0 saturated heterocycles. The number of oxime groups is 1. The van der Waals surface area contributed by atoms with Gasteiger partial charge in [0.05, 0.1) is 23.8 Å². The lowest BCUT2D eigenvalue weighted by Crippen LogP contribution is -2.06. The molecule has 0 aromatic heterocycles. The molecule has 0 unspecified atom stereocenters. The van der Waals surface area contributed by atoms with Gasteiger partial charge in [0, 0.05) is 11.6 Å². The van der Waals surface area contributed by atoms with Gasteiger partial charge in [0.25, 0.3) is 0 Å². The highest BCUT2D eigenvalue weighted by molar-refractivity contribution is 5.80. The number of nitrogens with zero attached hydrogens (tertiary/aromatic N) is 2. The summed E-state index contributed by atoms with van der Waals surface area (Å²) in [5, 5.41) is 22.4. The fourth-order valence-corrected chi connectivity index (χ4v) is 1.96. The second-order valence-electron chi connectivity index (χ2n) is 4.69. The lowest BCUT2D eigenvalue weighted by molar-refractivity contribution is -0.385. The molecule has 132 valence electrons. The van der Waals surface area contributed by atoms with Gasteiger partial charge in [0.2, 0.25) is 5.75 Å². The third-order valence-electron chi connectivity index (χ3n) is 3.10. The molecule has 0 aliphatic rings. The quantitative estimate of drug-likeness (QED) is 0.375. The summed E-state index contributed by atoms with van der Waals surface area (Å²) in [5.41, 5.74) is -1.54. The van der Waals surface area contributed by atoms with Crippen LogP contribution in [0, 0.1) is 10.1 Å². The fourth-order valence-electron chi connectivity index (χ4n) is 1.96. The Labute approximate surface area is 139 Å². The first-order chi connectivity index (χ1) is 11.8. The maximum atomic E-state index is 12.7. The molecule has 0 heterocycles. The summed E-state index contributed by atoms with van der Waals surface area (Å²) in [7, 11) is 1.31. The normalized spacial score (nSPS) is 11.5. The molecule has 7 nitrogen and oxygen atoms in total. The topological polar surface area (TPSA) is 94.2 Å². The molecule has 1 N–H and O–H groups in total. The van der Waals surface area contributed by atoms with Crippen LogP contribution in [0.15, 0.2) is 41.6 Å². The van der Waals surface area contributed by atoms with E-state index in [1.165, 1.54) is 25.3 Å². The zero-order chi connectivity index (χ0) is 18.6. The van der Waals surface area contributed by atoms with Crippen LogP contribution in [0.3, 0.4) is 0 Å². The fraction of sp³-hybridized carbons (Fsp3) is 0.133. The molecular formula is C15H11F3N2O5. The first kappa shape index (κ1) is 18.0. The Bertz CT molecular complexity index is 821. The standard InChI is InChI=1S/C15H11F3N2O5/c1-24-14-6-9(8-19-21)2-4-13(14)25-12-5-3-10(15(16,17)18)7-11(12)20(22)23/h2-8,21H,1H3/b19-8+. The highest BCUT2D eigenvalue weighted by atomic mass is 19.4. The van der Waals surface area contributed by atoms with Crippen molar-refractivity contribution in [2.45, 2.75) is 6.18 Å². The monoisotopic (exact) mass is 356 g/mol. The summed E-state index contributed by atoms with van der Waals surface area (Å²) >= 11 is 0. The van der Waals surface area contributed by atoms with E-state index >= 15 is 0 Å². The SMILES string of the molecule is COc1cc(/C=N/O)ccc1Oc1ccc(C(F)(F)F)cc1[N+](=O)[O-]. The predicted molar refractivity (Wildman–Crippen MR) is 80.5 cm³/mol. The summed E-state index contributed by atoms with van der Waals surface area (Å²) in [6.07, 6.45) is -3.60. The molecule has 2 aromatic rings. The number of halogens is 3. The highest BCUT2D eigenvalue weighted by Crippen LogP contribution is 2.40. The lowest BCUT2D eigenvalue weighted by Gasteiger charge is -2.12. The van der Waals surface area contributed by atoms with Gasteiger partial charge in [0.1, 0.15) is 0 Å². The first-order valence-corrected chi connectivity index (χ1v) is 6.65. The second kappa shape index (κ2) is 7.07. The Balaban J connectivity index is 2.45. The van der Waals surface area contributed by atoms with Crippen molar-refractivity contribution < 1.29 is 32.8 Å². The molecular weight excluding hydrogens is 345 g/mol. The third kappa shape index (κ3) is 4.16. The van der Waals surface area contributed by atoms with Crippen molar-refractivity contribution in [3.63, 3.8) is 0 Å². The van der Waals surface area contributed by atoms with Crippen LogP contribution >= 0.6 is 0 Å². The minimum absolute atomic E-state index is 0.0421. The molecule has 0 radical (unpaired) electrons. The molecule has 10 heteroatoms. The van der Waals surface area contributed by atoms with Crippen molar-refractivity contribution in [2.24, 2.45) is 5.16 Å². The Hall–Kier alpha value is -3.30. The van der Waals surface area contributed by atoms with Gasteiger partial charge >= 0.3 is 11.9 Å². The van der Waals surface area contributed by atoms with E-state index in [1.807, 2.05) is 0 Å². The van der Waals surface area contributed by atoms with Crippen molar-refractivity contribution in [3.05, 3.63) is 57.6 Å². The predicted octanol–water partition coefficient (Wildman–Crippen LogP) is 4.22. The van der Waals surface area contributed by atoms with E-state index in [0.29, 0.717) is 17.7 Å². The molecule has 0 aliphatic heterocycles. The van der Waals surface area contributed by atoms with E-state index in [9.17, 15) is 23.3 Å². The minimum Gasteiger partial charge on any atom is -0.493 e. The van der Waals surface area contributed by atoms with Gasteiger partial charge in [-0.05, 0) is 30.3 Å². The van der Waals surface area contributed by atoms with Crippen molar-refractivity contribution in [2.75, 3.05) is 7.11 Å². The van der Waals surface area contributed by atoms with Crippen molar-refractivity contribution in [3.8, 4) is 17.2 Å². The van der Waals surface area contributed by atoms with Crippen LogP contribution in [-0.2, 0) is 6.18 Å². The summed E-state index contributed by atoms with van der Waals surface area (Å²) < 4.78 is 48.5. The number of nitro benzene ring substituents is 1. The van der Waals surface area contributed by atoms with Crippen LogP contribution in [0.5, 0.6) is 17.2 Å². The highest BCUT2D eigenvalue weighted by Gasteiger charge is 2.33. The van der Waals surface area contributed by atoms with Crippen molar-refractivity contribution in [1.82, 2.24) is 0 Å². The zero-order valence-corrected chi connectivity index (χ0v) is 12.6. The zero-order valence-electron chi connectivity index (χ0n) is 12.6. The van der Waals surface area contributed by atoms with Crippen LogP contribution in [-0.4, -0.2) is 23.5 Å². The molecule has 0 aliphatic carbocycles. The Kier molecular flexibility index (Phi) is 5.11. The average Bonchev–Trinajstić information content (AvgIpc) is 2.55. The smallest absolute Gasteiger partial charge is 0.416 e. The second-order valence-corrected chi connectivity index (χ2v) is 4.69. The maximum Gasteiger partial charge on any atom is 0.416 e. The van der Waals surface area contributed by atoms with Crippen LogP contribution in [0.4, 0.5) is 18.9 Å². The van der Waals surface area contributed by atoms with E-state index in [0.717, 1.165) is 12.3 Å². The summed E-state index contributed by atoms with van der Waals surface area (Å²) in [6.45, 7) is 0. The molecule has 2 rings (SSSR count). The number of benzene rings is 2. The van der Waals surface area contributed by atoms with Crippen LogP contribution < -0.4 is 9.47 Å². The first-order valence-electron chi connectivity index (χ1n) is 6.65. The van der Waals surface area contributed by atoms with Gasteiger partial charge in [-0.3, -0.25) is 10.1 Å². The molecule has 2 aromatic carbocycles. The van der Waals surface area contributed by atoms with Gasteiger partial charge in [-0.1, -0.05) is 5.16 Å². The number of methoxy groups -OCH3 is 1. The van der Waals surface area contributed by atoms with Crippen LogP contribution in [0.25, 0.3) is 0 Å². The number of hydrogen-bond acceptors (Lipinski definition) is 6. The van der Waals surface area contributed by atoms with Gasteiger partial charge in [-0.15, -0.1) is 0 Å². The number of alkyl halides is 3. The Morgan fingerprint density at radius 1 is 1.16 bits per heavy atom.